The molecule has 0 spiro atoms. The van der Waals surface area contributed by atoms with Gasteiger partial charge in [-0.15, -0.1) is 0 Å². The Morgan fingerprint density at radius 2 is 0.481 bits per heavy atom. The van der Waals surface area contributed by atoms with Crippen LogP contribution in [0, 0.1) is 0 Å². The highest BCUT2D eigenvalue weighted by Crippen LogP contribution is 2.37. The number of benzene rings is 6. The van der Waals surface area contributed by atoms with Gasteiger partial charge in [0.15, 0.2) is 0 Å². The number of unbranched alkanes of at least 4 members (excludes halogenated alkanes) is 22. The molecule has 0 aliphatic rings. The zero-order chi connectivity index (χ0) is 37.2. The summed E-state index contributed by atoms with van der Waals surface area (Å²) in [6, 6.07) is 33.5. The minimum absolute atomic E-state index is 1.20. The Morgan fingerprint density at radius 1 is 0.241 bits per heavy atom. The SMILES string of the molecule is CCCCCCCCCCCCCCc1ccc2c(ccc3c2ccc2c4ccc5cc(CCCCCCCCCCCCCC)ccc5c4ccc32)c1. The summed E-state index contributed by atoms with van der Waals surface area (Å²) >= 11 is 0. The van der Waals surface area contributed by atoms with Crippen LogP contribution in [0.25, 0.3) is 53.9 Å². The van der Waals surface area contributed by atoms with Crippen molar-refractivity contribution in [3.05, 3.63) is 96.1 Å². The Morgan fingerprint density at radius 3 is 0.796 bits per heavy atom. The van der Waals surface area contributed by atoms with Gasteiger partial charge < -0.3 is 0 Å². The van der Waals surface area contributed by atoms with Gasteiger partial charge in [-0.2, -0.15) is 0 Å². The number of hydrogen-bond acceptors (Lipinski definition) is 0. The summed E-state index contributed by atoms with van der Waals surface area (Å²) in [5.41, 5.74) is 2.98. The van der Waals surface area contributed by atoms with Gasteiger partial charge in [-0.1, -0.05) is 240 Å². The van der Waals surface area contributed by atoms with Gasteiger partial charge in [0.1, 0.15) is 0 Å². The lowest BCUT2D eigenvalue weighted by Crippen LogP contribution is -1.89. The van der Waals surface area contributed by atoms with Crippen molar-refractivity contribution in [3.8, 4) is 0 Å². The smallest absolute Gasteiger partial charge is 0.00987 e. The molecule has 0 atom stereocenters. The largest absolute Gasteiger partial charge is 0.0654 e. The predicted molar refractivity (Wildman–Crippen MR) is 244 cm³/mol. The minimum atomic E-state index is 1.20. The van der Waals surface area contributed by atoms with Crippen LogP contribution in [0.3, 0.4) is 0 Å². The van der Waals surface area contributed by atoms with Gasteiger partial charge in [0, 0.05) is 0 Å². The lowest BCUT2D eigenvalue weighted by atomic mass is 9.91. The van der Waals surface area contributed by atoms with Crippen molar-refractivity contribution in [1.29, 1.82) is 0 Å². The summed E-state index contributed by atoms with van der Waals surface area (Å²) in [5, 5.41) is 13.7. The molecule has 0 aliphatic carbocycles. The average Bonchev–Trinajstić information content (AvgIpc) is 3.20. The second kappa shape index (κ2) is 22.2. The van der Waals surface area contributed by atoms with E-state index in [1.54, 1.807) is 0 Å². The predicted octanol–water partition coefficient (Wildman–Crippen LogP) is 17.9. The molecule has 6 aromatic rings. The molecule has 0 aliphatic heterocycles. The molecular weight excluding hydrogens is 649 g/mol. The van der Waals surface area contributed by atoms with Gasteiger partial charge in [0.2, 0.25) is 0 Å². The maximum atomic E-state index is 2.45. The fraction of sp³-hybridized carbons (Fsp3) is 0.519. The van der Waals surface area contributed by atoms with E-state index in [4.69, 9.17) is 0 Å². The van der Waals surface area contributed by atoms with E-state index in [1.807, 2.05) is 0 Å². The molecule has 0 radical (unpaired) electrons. The fourth-order valence-electron chi connectivity index (χ4n) is 9.27. The standard InChI is InChI=1S/C54H72/c1-3-5-7-9-11-13-15-17-19-21-23-25-27-43-29-33-47-45(41-43)31-35-51-49(47)37-39-54-52-36-32-46-42-44(30-34-48(46)50(52)38-40-53(51)54)28-26-24-22-20-18-16-14-12-10-8-6-4-2/h29-42H,3-28H2,1-2H3. The molecule has 0 fully saturated rings. The lowest BCUT2D eigenvalue weighted by molar-refractivity contribution is 0.544. The monoisotopic (exact) mass is 721 g/mol. The van der Waals surface area contributed by atoms with Crippen molar-refractivity contribution in [3.63, 3.8) is 0 Å². The van der Waals surface area contributed by atoms with Crippen LogP contribution in [-0.4, -0.2) is 0 Å². The van der Waals surface area contributed by atoms with Crippen LogP contribution in [0.5, 0.6) is 0 Å². The van der Waals surface area contributed by atoms with Crippen molar-refractivity contribution in [2.45, 2.75) is 181 Å². The van der Waals surface area contributed by atoms with Gasteiger partial charge >= 0.3 is 0 Å². The fourth-order valence-corrected chi connectivity index (χ4v) is 9.27. The van der Waals surface area contributed by atoms with Crippen LogP contribution in [0.15, 0.2) is 84.9 Å². The van der Waals surface area contributed by atoms with Gasteiger partial charge in [-0.25, -0.2) is 0 Å². The van der Waals surface area contributed by atoms with E-state index < -0.39 is 0 Å². The van der Waals surface area contributed by atoms with Crippen molar-refractivity contribution in [2.24, 2.45) is 0 Å². The maximum absolute atomic E-state index is 2.45. The van der Waals surface area contributed by atoms with E-state index in [0.717, 1.165) is 0 Å². The third-order valence-corrected chi connectivity index (χ3v) is 12.6. The van der Waals surface area contributed by atoms with E-state index in [9.17, 15) is 0 Å². The Hall–Kier alpha value is -3.38. The van der Waals surface area contributed by atoms with Gasteiger partial charge in [-0.05, 0) is 90.7 Å². The Balaban J connectivity index is 1.00. The second-order valence-electron chi connectivity index (χ2n) is 16.9. The van der Waals surface area contributed by atoms with Gasteiger partial charge in [-0.3, -0.25) is 0 Å². The lowest BCUT2D eigenvalue weighted by Gasteiger charge is -2.13. The van der Waals surface area contributed by atoms with E-state index in [1.165, 1.54) is 232 Å². The zero-order valence-corrected chi connectivity index (χ0v) is 34.5. The van der Waals surface area contributed by atoms with Crippen LogP contribution in [0.1, 0.15) is 179 Å². The number of hydrogen-bond donors (Lipinski definition) is 0. The molecule has 0 unspecified atom stereocenters. The Kier molecular flexibility index (Phi) is 16.6. The van der Waals surface area contributed by atoms with Crippen LogP contribution in [0.2, 0.25) is 0 Å². The molecule has 0 aromatic heterocycles. The topological polar surface area (TPSA) is 0 Å². The van der Waals surface area contributed by atoms with Crippen LogP contribution < -0.4 is 0 Å². The Labute approximate surface area is 329 Å². The molecule has 6 aromatic carbocycles. The molecule has 288 valence electrons. The van der Waals surface area contributed by atoms with Crippen LogP contribution >= 0.6 is 0 Å². The Bertz CT molecular complexity index is 1860. The molecular formula is C54H72. The highest BCUT2D eigenvalue weighted by molar-refractivity contribution is 6.25. The van der Waals surface area contributed by atoms with E-state index in [-0.39, 0.29) is 0 Å². The first-order chi connectivity index (χ1) is 26.8. The number of fused-ring (bicyclic) bond motifs is 9. The molecule has 0 nitrogen and oxygen atoms in total. The first-order valence-corrected chi connectivity index (χ1v) is 23.0. The number of aryl methyl sites for hydroxylation is 2. The summed E-state index contributed by atoms with van der Waals surface area (Å²) < 4.78 is 0. The average molecular weight is 721 g/mol. The van der Waals surface area contributed by atoms with Crippen molar-refractivity contribution in [1.82, 2.24) is 0 Å². The summed E-state index contributed by atoms with van der Waals surface area (Å²) in [4.78, 5) is 0. The van der Waals surface area contributed by atoms with Crippen LogP contribution in [0.4, 0.5) is 0 Å². The summed E-state index contributed by atoms with van der Waals surface area (Å²) in [5.74, 6) is 0. The molecule has 6 rings (SSSR count). The third kappa shape index (κ3) is 11.3. The maximum Gasteiger partial charge on any atom is -0.00987 e. The van der Waals surface area contributed by atoms with Crippen molar-refractivity contribution < 1.29 is 0 Å². The highest BCUT2D eigenvalue weighted by atomic mass is 14.1. The van der Waals surface area contributed by atoms with Crippen LogP contribution in [-0.2, 0) is 12.8 Å². The molecule has 0 saturated carbocycles. The molecule has 0 N–H and O–H groups in total. The summed E-state index contributed by atoms with van der Waals surface area (Å²) in [6.07, 6.45) is 36.2. The highest BCUT2D eigenvalue weighted by Gasteiger charge is 2.10. The first kappa shape index (κ1) is 40.3. The quantitative estimate of drug-likeness (QED) is 0.0387. The summed E-state index contributed by atoms with van der Waals surface area (Å²) in [7, 11) is 0. The van der Waals surface area contributed by atoms with Crippen molar-refractivity contribution >= 4 is 53.9 Å². The van der Waals surface area contributed by atoms with E-state index >= 15 is 0 Å². The molecule has 0 heteroatoms. The van der Waals surface area contributed by atoms with Gasteiger partial charge in [0.05, 0.1) is 0 Å². The molecule has 0 saturated heterocycles. The third-order valence-electron chi connectivity index (χ3n) is 12.6. The van der Waals surface area contributed by atoms with E-state index in [0.29, 0.717) is 0 Å². The molecule has 54 heavy (non-hydrogen) atoms. The molecule has 0 amide bonds. The molecule has 0 bridgehead atoms. The van der Waals surface area contributed by atoms with Gasteiger partial charge in [0.25, 0.3) is 0 Å². The normalized spacial score (nSPS) is 12.0. The second-order valence-corrected chi connectivity index (χ2v) is 16.9. The first-order valence-electron chi connectivity index (χ1n) is 23.0. The zero-order valence-electron chi connectivity index (χ0n) is 34.5. The van der Waals surface area contributed by atoms with Crippen molar-refractivity contribution in [2.75, 3.05) is 0 Å². The number of rotatable bonds is 26. The summed E-state index contributed by atoms with van der Waals surface area (Å²) in [6.45, 7) is 4.61. The molecule has 0 heterocycles. The van der Waals surface area contributed by atoms with E-state index in [2.05, 4.69) is 98.8 Å². The minimum Gasteiger partial charge on any atom is -0.0654 e.